The van der Waals surface area contributed by atoms with Gasteiger partial charge < -0.3 is 24.6 Å². The number of nitrogens with zero attached hydrogens (tertiary/aromatic N) is 1. The zero-order chi connectivity index (χ0) is 18.2. The second-order valence-corrected chi connectivity index (χ2v) is 6.34. The van der Waals surface area contributed by atoms with Gasteiger partial charge in [-0.1, -0.05) is 24.3 Å². The van der Waals surface area contributed by atoms with E-state index in [1.54, 1.807) is 13.2 Å². The first-order valence-electron chi connectivity index (χ1n) is 8.39. The molecule has 0 fully saturated rings. The summed E-state index contributed by atoms with van der Waals surface area (Å²) < 4.78 is 11.0. The van der Waals surface area contributed by atoms with Crippen LogP contribution in [0.2, 0.25) is 0 Å². The van der Waals surface area contributed by atoms with Gasteiger partial charge in [-0.2, -0.15) is 0 Å². The number of benzene rings is 2. The standard InChI is InChI=1S/C20H27NO4/c1-21(2)13-17(22)14-25-19-7-5-4-6-16(19)10-8-15-9-11-18(23)20(12-15)24-3/h4-7,9,11-12,17,22-23H,8,10,13-14H2,1-3H3/t17-/m0/s1. The highest BCUT2D eigenvalue weighted by Crippen LogP contribution is 2.27. The lowest BCUT2D eigenvalue weighted by atomic mass is 10.0. The molecule has 0 aliphatic carbocycles. The highest BCUT2D eigenvalue weighted by atomic mass is 16.5. The van der Waals surface area contributed by atoms with Gasteiger partial charge in [0.15, 0.2) is 11.5 Å². The van der Waals surface area contributed by atoms with Crippen LogP contribution in [0.1, 0.15) is 11.1 Å². The molecule has 0 spiro atoms. The highest BCUT2D eigenvalue weighted by Gasteiger charge is 2.10. The Balaban J connectivity index is 1.98. The molecule has 2 N–H and O–H groups in total. The fourth-order valence-corrected chi connectivity index (χ4v) is 2.67. The summed E-state index contributed by atoms with van der Waals surface area (Å²) in [6.07, 6.45) is 1.08. The maximum atomic E-state index is 9.96. The number of phenols is 1. The molecule has 0 aliphatic rings. The molecule has 2 rings (SSSR count). The highest BCUT2D eigenvalue weighted by molar-refractivity contribution is 5.42. The van der Waals surface area contributed by atoms with Gasteiger partial charge in [-0.15, -0.1) is 0 Å². The first-order valence-corrected chi connectivity index (χ1v) is 8.39. The minimum atomic E-state index is -0.524. The predicted octanol–water partition coefficient (Wildman–Crippen LogP) is 2.49. The maximum absolute atomic E-state index is 9.96. The van der Waals surface area contributed by atoms with Crippen LogP contribution in [0, 0.1) is 0 Å². The number of ether oxygens (including phenoxy) is 2. The van der Waals surface area contributed by atoms with Gasteiger partial charge in [0.05, 0.1) is 7.11 Å². The molecule has 0 saturated carbocycles. The summed E-state index contributed by atoms with van der Waals surface area (Å²) in [5, 5.41) is 19.6. The number of methoxy groups -OCH3 is 1. The molecule has 0 bridgehead atoms. The summed E-state index contributed by atoms with van der Waals surface area (Å²) in [6, 6.07) is 13.3. The molecule has 2 aromatic carbocycles. The van der Waals surface area contributed by atoms with Crippen LogP contribution in [0.4, 0.5) is 0 Å². The summed E-state index contributed by atoms with van der Waals surface area (Å²) in [5.74, 6) is 1.42. The zero-order valence-corrected chi connectivity index (χ0v) is 15.1. The molecule has 0 heterocycles. The second kappa shape index (κ2) is 9.30. The van der Waals surface area contributed by atoms with Crippen molar-refractivity contribution in [1.29, 1.82) is 0 Å². The molecule has 1 atom stereocenters. The van der Waals surface area contributed by atoms with Gasteiger partial charge in [-0.25, -0.2) is 0 Å². The van der Waals surface area contributed by atoms with E-state index in [-0.39, 0.29) is 12.4 Å². The van der Waals surface area contributed by atoms with Gasteiger partial charge in [0, 0.05) is 6.54 Å². The molecule has 0 aromatic heterocycles. The summed E-state index contributed by atoms with van der Waals surface area (Å²) >= 11 is 0. The van der Waals surface area contributed by atoms with Crippen molar-refractivity contribution >= 4 is 0 Å². The summed E-state index contributed by atoms with van der Waals surface area (Å²) in [7, 11) is 5.38. The number of hydrogen-bond donors (Lipinski definition) is 2. The third-order valence-electron chi connectivity index (χ3n) is 3.91. The number of phenolic OH excluding ortho intramolecular Hbond substituents is 1. The molecule has 0 radical (unpaired) electrons. The van der Waals surface area contributed by atoms with E-state index < -0.39 is 6.10 Å². The van der Waals surface area contributed by atoms with Gasteiger partial charge >= 0.3 is 0 Å². The monoisotopic (exact) mass is 345 g/mol. The van der Waals surface area contributed by atoms with E-state index >= 15 is 0 Å². The normalized spacial score (nSPS) is 12.2. The van der Waals surface area contributed by atoms with E-state index in [1.165, 1.54) is 0 Å². The average Bonchev–Trinajstić information content (AvgIpc) is 2.59. The van der Waals surface area contributed by atoms with Crippen LogP contribution in [-0.2, 0) is 12.8 Å². The number of aliphatic hydroxyl groups is 1. The molecular formula is C20H27NO4. The molecule has 0 unspecified atom stereocenters. The van der Waals surface area contributed by atoms with Crippen LogP contribution in [-0.4, -0.2) is 55.6 Å². The van der Waals surface area contributed by atoms with Crippen molar-refractivity contribution < 1.29 is 19.7 Å². The molecule has 136 valence electrons. The Labute approximate surface area is 149 Å². The Morgan fingerprint density at radius 3 is 2.52 bits per heavy atom. The van der Waals surface area contributed by atoms with E-state index in [0.29, 0.717) is 12.3 Å². The fraction of sp³-hybridized carbons (Fsp3) is 0.400. The number of para-hydroxylation sites is 1. The van der Waals surface area contributed by atoms with Gasteiger partial charge in [-0.3, -0.25) is 0 Å². The molecule has 2 aromatic rings. The predicted molar refractivity (Wildman–Crippen MR) is 98.6 cm³/mol. The van der Waals surface area contributed by atoms with Crippen molar-refractivity contribution in [2.75, 3.05) is 34.4 Å². The lowest BCUT2D eigenvalue weighted by molar-refractivity contribution is 0.0827. The fourth-order valence-electron chi connectivity index (χ4n) is 2.67. The van der Waals surface area contributed by atoms with Crippen molar-refractivity contribution in [1.82, 2.24) is 4.90 Å². The van der Waals surface area contributed by atoms with Crippen LogP contribution in [0.25, 0.3) is 0 Å². The maximum Gasteiger partial charge on any atom is 0.160 e. The van der Waals surface area contributed by atoms with Crippen LogP contribution in [0.5, 0.6) is 17.2 Å². The molecule has 0 saturated heterocycles. The number of aryl methyl sites for hydroxylation is 2. The van der Waals surface area contributed by atoms with E-state index in [2.05, 4.69) is 0 Å². The third kappa shape index (κ3) is 5.96. The van der Waals surface area contributed by atoms with Gasteiger partial charge in [-0.05, 0) is 56.3 Å². The van der Waals surface area contributed by atoms with Crippen LogP contribution >= 0.6 is 0 Å². The summed E-state index contributed by atoms with van der Waals surface area (Å²) in [4.78, 5) is 1.93. The first-order chi connectivity index (χ1) is 12.0. The molecule has 0 amide bonds. The Hall–Kier alpha value is -2.24. The number of aliphatic hydroxyl groups excluding tert-OH is 1. The lowest BCUT2D eigenvalue weighted by Crippen LogP contribution is -2.30. The molecule has 5 heteroatoms. The zero-order valence-electron chi connectivity index (χ0n) is 15.1. The van der Waals surface area contributed by atoms with Crippen LogP contribution in [0.3, 0.4) is 0 Å². The topological polar surface area (TPSA) is 62.2 Å². The van der Waals surface area contributed by atoms with Crippen molar-refractivity contribution in [2.24, 2.45) is 0 Å². The third-order valence-corrected chi connectivity index (χ3v) is 3.91. The molecular weight excluding hydrogens is 318 g/mol. The van der Waals surface area contributed by atoms with Crippen LogP contribution < -0.4 is 9.47 Å². The number of likely N-dealkylation sites (N-methyl/N-ethyl adjacent to an activating group) is 1. The summed E-state index contributed by atoms with van der Waals surface area (Å²) in [6.45, 7) is 0.831. The van der Waals surface area contributed by atoms with E-state index in [4.69, 9.17) is 9.47 Å². The van der Waals surface area contributed by atoms with E-state index in [9.17, 15) is 10.2 Å². The minimum absolute atomic E-state index is 0.143. The lowest BCUT2D eigenvalue weighted by Gasteiger charge is -2.18. The Morgan fingerprint density at radius 2 is 1.80 bits per heavy atom. The Bertz CT molecular complexity index is 672. The SMILES string of the molecule is COc1cc(CCc2ccccc2OC[C@@H](O)CN(C)C)ccc1O. The van der Waals surface area contributed by atoms with Gasteiger partial charge in [0.2, 0.25) is 0 Å². The smallest absolute Gasteiger partial charge is 0.160 e. The minimum Gasteiger partial charge on any atom is -0.504 e. The van der Waals surface area contributed by atoms with Gasteiger partial charge in [0.25, 0.3) is 0 Å². The number of hydrogen-bond acceptors (Lipinski definition) is 5. The van der Waals surface area contributed by atoms with Crippen molar-refractivity contribution in [3.63, 3.8) is 0 Å². The second-order valence-electron chi connectivity index (χ2n) is 6.34. The Morgan fingerprint density at radius 1 is 1.04 bits per heavy atom. The largest absolute Gasteiger partial charge is 0.504 e. The summed E-state index contributed by atoms with van der Waals surface area (Å²) in [5.41, 5.74) is 2.17. The molecule has 5 nitrogen and oxygen atoms in total. The Kier molecular flexibility index (Phi) is 7.10. The van der Waals surface area contributed by atoms with Gasteiger partial charge in [0.1, 0.15) is 18.5 Å². The van der Waals surface area contributed by atoms with E-state index in [0.717, 1.165) is 29.7 Å². The van der Waals surface area contributed by atoms with E-state index in [1.807, 2.05) is 55.4 Å². The first kappa shape index (κ1) is 19.1. The van der Waals surface area contributed by atoms with Crippen LogP contribution in [0.15, 0.2) is 42.5 Å². The number of aromatic hydroxyl groups is 1. The van der Waals surface area contributed by atoms with Crippen molar-refractivity contribution in [3.05, 3.63) is 53.6 Å². The molecule has 0 aliphatic heterocycles. The average molecular weight is 345 g/mol. The van der Waals surface area contributed by atoms with Crippen molar-refractivity contribution in [2.45, 2.75) is 18.9 Å². The van der Waals surface area contributed by atoms with Crippen molar-refractivity contribution in [3.8, 4) is 17.2 Å². The quantitative estimate of drug-likeness (QED) is 0.731. The number of rotatable bonds is 9. The molecule has 25 heavy (non-hydrogen) atoms.